The van der Waals surface area contributed by atoms with Crippen LogP contribution in [0.5, 0.6) is 0 Å². The first-order valence-corrected chi connectivity index (χ1v) is 9.70. The van der Waals surface area contributed by atoms with Crippen molar-refractivity contribution in [2.75, 3.05) is 57.3 Å². The van der Waals surface area contributed by atoms with Crippen LogP contribution in [0.3, 0.4) is 0 Å². The number of hydrogen-bond donors (Lipinski definition) is 1. The standard InChI is InChI=1S/C19H28ClN3O/c20-16-3-1-4-17(12-16)23-9-7-21(8-10-23)5-2-6-22-13-15-11-19(24)18(15)14-22/h1,3-4,12,15,18-19,24H,2,5-11,13-14H2/t15-,18+,19+/m1/s1. The summed E-state index contributed by atoms with van der Waals surface area (Å²) in [5.41, 5.74) is 1.24. The zero-order chi connectivity index (χ0) is 16.5. The molecule has 2 saturated heterocycles. The van der Waals surface area contributed by atoms with Gasteiger partial charge < -0.3 is 14.9 Å². The van der Waals surface area contributed by atoms with E-state index in [1.54, 1.807) is 0 Å². The molecular formula is C19H28ClN3O. The third-order valence-electron chi connectivity index (χ3n) is 6.10. The van der Waals surface area contributed by atoms with E-state index in [2.05, 4.69) is 26.8 Å². The van der Waals surface area contributed by atoms with Gasteiger partial charge in [0, 0.05) is 55.9 Å². The Morgan fingerprint density at radius 2 is 1.83 bits per heavy atom. The molecule has 132 valence electrons. The van der Waals surface area contributed by atoms with E-state index < -0.39 is 0 Å². The van der Waals surface area contributed by atoms with Crippen molar-refractivity contribution < 1.29 is 5.11 Å². The van der Waals surface area contributed by atoms with E-state index in [1.807, 2.05) is 12.1 Å². The van der Waals surface area contributed by atoms with E-state index in [1.165, 1.54) is 31.7 Å². The molecule has 0 aromatic heterocycles. The third-order valence-corrected chi connectivity index (χ3v) is 6.34. The number of likely N-dealkylation sites (tertiary alicyclic amines) is 1. The Kier molecular flexibility index (Phi) is 5.00. The maximum atomic E-state index is 9.75. The number of benzene rings is 1. The zero-order valence-corrected chi connectivity index (χ0v) is 15.0. The third kappa shape index (κ3) is 3.57. The van der Waals surface area contributed by atoms with Crippen LogP contribution in [0.15, 0.2) is 24.3 Å². The lowest BCUT2D eigenvalue weighted by Crippen LogP contribution is -2.47. The van der Waals surface area contributed by atoms with E-state index >= 15 is 0 Å². The lowest BCUT2D eigenvalue weighted by Gasteiger charge is -2.36. The molecule has 0 radical (unpaired) electrons. The molecule has 3 atom stereocenters. The topological polar surface area (TPSA) is 30.0 Å². The highest BCUT2D eigenvalue weighted by atomic mass is 35.5. The second kappa shape index (κ2) is 7.20. The summed E-state index contributed by atoms with van der Waals surface area (Å²) in [4.78, 5) is 7.58. The molecule has 2 aliphatic heterocycles. The number of aliphatic hydroxyl groups is 1. The van der Waals surface area contributed by atoms with Crippen molar-refractivity contribution in [1.82, 2.24) is 9.80 Å². The van der Waals surface area contributed by atoms with Gasteiger partial charge in [0.05, 0.1) is 6.10 Å². The number of piperazine rings is 1. The molecular weight excluding hydrogens is 322 g/mol. The molecule has 1 N–H and O–H groups in total. The van der Waals surface area contributed by atoms with Gasteiger partial charge in [-0.1, -0.05) is 17.7 Å². The summed E-state index contributed by atoms with van der Waals surface area (Å²) in [6.07, 6.45) is 2.26. The Balaban J connectivity index is 1.16. The van der Waals surface area contributed by atoms with Crippen molar-refractivity contribution in [1.29, 1.82) is 0 Å². The maximum Gasteiger partial charge on any atom is 0.0587 e. The Bertz CT molecular complexity index is 561. The van der Waals surface area contributed by atoms with Crippen molar-refractivity contribution >= 4 is 17.3 Å². The molecule has 1 aromatic carbocycles. The van der Waals surface area contributed by atoms with Crippen LogP contribution in [0.4, 0.5) is 5.69 Å². The van der Waals surface area contributed by atoms with Crippen molar-refractivity contribution in [2.45, 2.75) is 18.9 Å². The highest BCUT2D eigenvalue weighted by Crippen LogP contribution is 2.40. The minimum atomic E-state index is -0.0143. The first-order valence-electron chi connectivity index (χ1n) is 9.32. The monoisotopic (exact) mass is 349 g/mol. The van der Waals surface area contributed by atoms with E-state index in [4.69, 9.17) is 11.6 Å². The number of halogens is 1. The molecule has 0 spiro atoms. The number of aliphatic hydroxyl groups excluding tert-OH is 1. The minimum Gasteiger partial charge on any atom is -0.393 e. The van der Waals surface area contributed by atoms with Crippen LogP contribution in [-0.2, 0) is 0 Å². The van der Waals surface area contributed by atoms with Crippen LogP contribution in [-0.4, -0.2) is 73.4 Å². The summed E-state index contributed by atoms with van der Waals surface area (Å²) in [7, 11) is 0. The van der Waals surface area contributed by atoms with Gasteiger partial charge >= 0.3 is 0 Å². The molecule has 4 rings (SSSR count). The summed E-state index contributed by atoms with van der Waals surface area (Å²) in [6.45, 7) is 9.15. The summed E-state index contributed by atoms with van der Waals surface area (Å²) in [6, 6.07) is 8.18. The summed E-state index contributed by atoms with van der Waals surface area (Å²) >= 11 is 6.10. The van der Waals surface area contributed by atoms with Gasteiger partial charge in [0.25, 0.3) is 0 Å². The Hall–Kier alpha value is -0.810. The lowest BCUT2D eigenvalue weighted by atomic mass is 9.74. The fraction of sp³-hybridized carbons (Fsp3) is 0.684. The Morgan fingerprint density at radius 1 is 1.04 bits per heavy atom. The Morgan fingerprint density at radius 3 is 2.54 bits per heavy atom. The van der Waals surface area contributed by atoms with Crippen LogP contribution in [0, 0.1) is 11.8 Å². The van der Waals surface area contributed by atoms with E-state index in [-0.39, 0.29) is 6.10 Å². The molecule has 3 aliphatic rings. The van der Waals surface area contributed by atoms with Gasteiger partial charge in [0.15, 0.2) is 0 Å². The quantitative estimate of drug-likeness (QED) is 0.882. The number of nitrogens with zero attached hydrogens (tertiary/aromatic N) is 3. The number of hydrogen-bond acceptors (Lipinski definition) is 4. The summed E-state index contributed by atoms with van der Waals surface area (Å²) in [5, 5.41) is 10.6. The van der Waals surface area contributed by atoms with Gasteiger partial charge in [-0.25, -0.2) is 0 Å². The first kappa shape index (κ1) is 16.6. The predicted molar refractivity (Wildman–Crippen MR) is 98.8 cm³/mol. The smallest absolute Gasteiger partial charge is 0.0587 e. The normalized spacial score (nSPS) is 31.1. The summed E-state index contributed by atoms with van der Waals surface area (Å²) < 4.78 is 0. The van der Waals surface area contributed by atoms with Crippen LogP contribution in [0.1, 0.15) is 12.8 Å². The average Bonchev–Trinajstić information content (AvgIpc) is 2.92. The number of fused-ring (bicyclic) bond motifs is 1. The molecule has 2 heterocycles. The van der Waals surface area contributed by atoms with Crippen LogP contribution in [0.25, 0.3) is 0 Å². The molecule has 0 amide bonds. The van der Waals surface area contributed by atoms with E-state index in [0.717, 1.165) is 50.1 Å². The van der Waals surface area contributed by atoms with Gasteiger partial charge in [-0.15, -0.1) is 0 Å². The molecule has 3 fully saturated rings. The molecule has 4 nitrogen and oxygen atoms in total. The van der Waals surface area contributed by atoms with Crippen molar-refractivity contribution in [2.24, 2.45) is 11.8 Å². The zero-order valence-electron chi connectivity index (χ0n) is 14.3. The number of rotatable bonds is 5. The van der Waals surface area contributed by atoms with E-state index in [9.17, 15) is 5.11 Å². The highest BCUT2D eigenvalue weighted by molar-refractivity contribution is 6.30. The van der Waals surface area contributed by atoms with Gasteiger partial charge in [0.1, 0.15) is 0 Å². The summed E-state index contributed by atoms with van der Waals surface area (Å²) in [5.74, 6) is 1.35. The average molecular weight is 350 g/mol. The number of anilines is 1. The predicted octanol–water partition coefficient (Wildman–Crippen LogP) is 2.16. The molecule has 5 heteroatoms. The van der Waals surface area contributed by atoms with E-state index in [0.29, 0.717) is 5.92 Å². The van der Waals surface area contributed by atoms with Crippen LogP contribution < -0.4 is 4.90 Å². The van der Waals surface area contributed by atoms with Crippen LogP contribution >= 0.6 is 11.6 Å². The molecule has 24 heavy (non-hydrogen) atoms. The highest BCUT2D eigenvalue weighted by Gasteiger charge is 2.45. The molecule has 1 aliphatic carbocycles. The maximum absolute atomic E-state index is 9.75. The fourth-order valence-corrected chi connectivity index (χ4v) is 4.75. The van der Waals surface area contributed by atoms with Crippen molar-refractivity contribution in [3.05, 3.63) is 29.3 Å². The molecule has 1 saturated carbocycles. The van der Waals surface area contributed by atoms with Crippen molar-refractivity contribution in [3.63, 3.8) is 0 Å². The van der Waals surface area contributed by atoms with Gasteiger partial charge in [-0.3, -0.25) is 4.90 Å². The minimum absolute atomic E-state index is 0.0143. The second-order valence-electron chi connectivity index (χ2n) is 7.65. The van der Waals surface area contributed by atoms with Crippen LogP contribution in [0.2, 0.25) is 5.02 Å². The second-order valence-corrected chi connectivity index (χ2v) is 8.09. The van der Waals surface area contributed by atoms with Gasteiger partial charge in [0.2, 0.25) is 0 Å². The molecule has 0 unspecified atom stereocenters. The molecule has 1 aromatic rings. The van der Waals surface area contributed by atoms with Crippen molar-refractivity contribution in [3.8, 4) is 0 Å². The SMILES string of the molecule is O[C@H]1C[C@@H]2CN(CCCN3CCN(c4cccc(Cl)c4)CC3)C[C@@H]21. The largest absolute Gasteiger partial charge is 0.393 e. The van der Waals surface area contributed by atoms with Gasteiger partial charge in [-0.2, -0.15) is 0 Å². The van der Waals surface area contributed by atoms with Gasteiger partial charge in [-0.05, 0) is 50.0 Å². The fourth-order valence-electron chi connectivity index (χ4n) is 4.57. The Labute approximate surface area is 150 Å². The lowest BCUT2D eigenvalue weighted by molar-refractivity contribution is -0.00433. The first-order chi connectivity index (χ1) is 11.7. The molecule has 0 bridgehead atoms.